The quantitative estimate of drug-likeness (QED) is 0.228. The van der Waals surface area contributed by atoms with E-state index in [1.165, 1.54) is 6.07 Å². The zero-order valence-corrected chi connectivity index (χ0v) is 19.8. The number of rotatable bonds is 5. The van der Waals surface area contributed by atoms with Gasteiger partial charge in [0.05, 0.1) is 17.7 Å². The molecule has 6 atom stereocenters. The van der Waals surface area contributed by atoms with E-state index in [9.17, 15) is 45.0 Å². The van der Waals surface area contributed by atoms with Crippen LogP contribution in [0.4, 0.5) is 0 Å². The molecule has 0 amide bonds. The van der Waals surface area contributed by atoms with Crippen molar-refractivity contribution in [2.24, 2.45) is 0 Å². The Labute approximate surface area is 210 Å². The van der Waals surface area contributed by atoms with Gasteiger partial charge in [0.1, 0.15) is 48.3 Å². The van der Waals surface area contributed by atoms with Crippen LogP contribution in [0, 0.1) is 0 Å². The summed E-state index contributed by atoms with van der Waals surface area (Å²) in [7, 11) is 0. The van der Waals surface area contributed by atoms with E-state index in [-0.39, 0.29) is 27.8 Å². The molecule has 198 valence electrons. The Kier molecular flexibility index (Phi) is 7.11. The number of hydrogen-bond acceptors (Lipinski definition) is 12. The summed E-state index contributed by atoms with van der Waals surface area (Å²) in [6.07, 6.45) is -7.76. The van der Waals surface area contributed by atoms with E-state index in [0.29, 0.717) is 0 Å². The molecule has 0 aromatic heterocycles. The molecule has 1 aliphatic heterocycles. The first-order chi connectivity index (χ1) is 17.5. The highest BCUT2D eigenvalue weighted by Gasteiger charge is 2.53. The van der Waals surface area contributed by atoms with Crippen LogP contribution in [-0.2, 0) is 30.4 Å². The monoisotopic (exact) mass is 518 g/mol. The largest absolute Gasteiger partial charge is 0.508 e. The van der Waals surface area contributed by atoms with Gasteiger partial charge in [0.2, 0.25) is 5.78 Å². The fourth-order valence-electron chi connectivity index (χ4n) is 4.97. The molecule has 12 nitrogen and oxygen atoms in total. The number of ketones is 1. The molecule has 6 N–H and O–H groups in total. The van der Waals surface area contributed by atoms with Gasteiger partial charge in [-0.3, -0.25) is 14.4 Å². The van der Waals surface area contributed by atoms with E-state index in [4.69, 9.17) is 14.2 Å². The third kappa shape index (κ3) is 4.60. The van der Waals surface area contributed by atoms with Gasteiger partial charge in [-0.15, -0.1) is 0 Å². The van der Waals surface area contributed by atoms with E-state index in [1.807, 2.05) is 0 Å². The lowest BCUT2D eigenvalue weighted by Gasteiger charge is -2.46. The second-order valence-corrected chi connectivity index (χ2v) is 8.93. The number of benzene rings is 2. The van der Waals surface area contributed by atoms with Crippen molar-refractivity contribution in [2.75, 3.05) is 6.61 Å². The lowest BCUT2D eigenvalue weighted by atomic mass is 9.71. The molecule has 12 heteroatoms. The molecule has 1 saturated heterocycles. The Bertz CT molecular complexity index is 1250. The fraction of sp³-hybridized carbons (Fsp3) is 0.400. The normalized spacial score (nSPS) is 26.7. The highest BCUT2D eigenvalue weighted by atomic mass is 16.6. The van der Waals surface area contributed by atoms with Crippen molar-refractivity contribution in [3.8, 4) is 17.2 Å². The summed E-state index contributed by atoms with van der Waals surface area (Å²) in [6, 6.07) is 4.74. The molecule has 0 spiro atoms. The van der Waals surface area contributed by atoms with E-state index in [2.05, 4.69) is 0 Å². The Morgan fingerprint density at radius 3 is 2.24 bits per heavy atom. The van der Waals surface area contributed by atoms with Gasteiger partial charge in [-0.05, 0) is 29.3 Å². The number of phenols is 3. The van der Waals surface area contributed by atoms with Crippen molar-refractivity contribution < 1.29 is 59.2 Å². The van der Waals surface area contributed by atoms with E-state index >= 15 is 0 Å². The molecule has 37 heavy (non-hydrogen) atoms. The highest BCUT2D eigenvalue weighted by Crippen LogP contribution is 2.50. The number of aromatic hydroxyl groups is 3. The van der Waals surface area contributed by atoms with Gasteiger partial charge in [-0.1, -0.05) is 6.07 Å². The van der Waals surface area contributed by atoms with Gasteiger partial charge in [-0.25, -0.2) is 0 Å². The van der Waals surface area contributed by atoms with Crippen LogP contribution in [0.15, 0.2) is 24.3 Å². The van der Waals surface area contributed by atoms with E-state index in [1.54, 1.807) is 0 Å². The fourth-order valence-corrected chi connectivity index (χ4v) is 4.97. The predicted octanol–water partition coefficient (Wildman–Crippen LogP) is -0.0440. The van der Waals surface area contributed by atoms with Gasteiger partial charge in [0.25, 0.3) is 0 Å². The smallest absolute Gasteiger partial charge is 0.303 e. The molecule has 4 rings (SSSR count). The zero-order chi connectivity index (χ0) is 27.2. The number of phenolic OH excluding ortho intramolecular Hbond substituents is 3. The molecule has 0 saturated carbocycles. The molecule has 0 radical (unpaired) electrons. The lowest BCUT2D eigenvalue weighted by Crippen LogP contribution is -2.61. The topological polar surface area (TPSA) is 200 Å². The Morgan fingerprint density at radius 1 is 0.946 bits per heavy atom. The second kappa shape index (κ2) is 9.98. The van der Waals surface area contributed by atoms with E-state index < -0.39 is 84.6 Å². The van der Waals surface area contributed by atoms with Gasteiger partial charge in [-0.2, -0.15) is 0 Å². The minimum absolute atomic E-state index is 0.0411. The van der Waals surface area contributed by atoms with Crippen molar-refractivity contribution in [2.45, 2.75) is 56.9 Å². The van der Waals surface area contributed by atoms with Gasteiger partial charge in [0, 0.05) is 25.3 Å². The van der Waals surface area contributed by atoms with E-state index in [0.717, 1.165) is 32.0 Å². The SMILES string of the molecule is CC(=O)OCC1OC(C2c3cc(CO)cc(O)c3C(=O)c3c(O)ccc(O)c32)C(OC(C)=O)C(O)C1O. The molecule has 1 fully saturated rings. The predicted molar refractivity (Wildman–Crippen MR) is 122 cm³/mol. The van der Waals surface area contributed by atoms with Crippen LogP contribution in [-0.4, -0.2) is 85.5 Å². The standard InChI is InChI=1S/C25H26O12/c1-9(27)35-8-16-21(32)23(34)25(36-10(2)28)24(37-16)18-12-5-11(7-26)6-15(31)17(12)22(33)20-14(30)4-3-13(29)19(18)20/h3-6,16,18,21,23-26,29-32,34H,7-8H2,1-2H3. The molecule has 0 bridgehead atoms. The molecular weight excluding hydrogens is 492 g/mol. The Hall–Kier alpha value is -3.71. The number of carbonyl (C=O) groups is 3. The van der Waals surface area contributed by atoms with Crippen LogP contribution in [0.2, 0.25) is 0 Å². The van der Waals surface area contributed by atoms with Gasteiger partial charge >= 0.3 is 11.9 Å². The third-order valence-corrected chi connectivity index (χ3v) is 6.50. The summed E-state index contributed by atoms with van der Waals surface area (Å²) in [6.45, 7) is 1.17. The molecule has 1 aliphatic carbocycles. The van der Waals surface area contributed by atoms with Crippen LogP contribution >= 0.6 is 0 Å². The average Bonchev–Trinajstić information content (AvgIpc) is 2.83. The van der Waals surface area contributed by atoms with Crippen LogP contribution in [0.25, 0.3) is 0 Å². The number of hydrogen-bond donors (Lipinski definition) is 6. The van der Waals surface area contributed by atoms with Crippen molar-refractivity contribution in [3.05, 3.63) is 52.1 Å². The zero-order valence-electron chi connectivity index (χ0n) is 19.8. The Morgan fingerprint density at radius 2 is 1.62 bits per heavy atom. The maximum atomic E-state index is 13.4. The molecule has 2 aromatic rings. The van der Waals surface area contributed by atoms with Crippen LogP contribution in [0.5, 0.6) is 17.2 Å². The van der Waals surface area contributed by atoms with Gasteiger partial charge in [0.15, 0.2) is 6.10 Å². The maximum absolute atomic E-state index is 13.4. The number of fused-ring (bicyclic) bond motifs is 2. The first kappa shape index (κ1) is 26.4. The second-order valence-electron chi connectivity index (χ2n) is 8.93. The van der Waals surface area contributed by atoms with Crippen LogP contribution in [0.1, 0.15) is 52.4 Å². The summed E-state index contributed by atoms with van der Waals surface area (Å²) in [5.41, 5.74) is -0.540. The summed E-state index contributed by atoms with van der Waals surface area (Å²) in [4.78, 5) is 36.7. The molecule has 6 unspecified atom stereocenters. The highest BCUT2D eigenvalue weighted by molar-refractivity contribution is 6.16. The Balaban J connectivity index is 1.97. The molecular formula is C25H26O12. The van der Waals surface area contributed by atoms with Crippen molar-refractivity contribution in [3.63, 3.8) is 0 Å². The lowest BCUT2D eigenvalue weighted by molar-refractivity contribution is -0.242. The number of aliphatic hydroxyl groups excluding tert-OH is 3. The molecule has 2 aliphatic rings. The number of ether oxygens (including phenoxy) is 3. The minimum atomic E-state index is -1.76. The molecule has 2 aromatic carbocycles. The van der Waals surface area contributed by atoms with Crippen LogP contribution in [0.3, 0.4) is 0 Å². The molecule has 1 heterocycles. The number of aliphatic hydroxyl groups is 3. The summed E-state index contributed by atoms with van der Waals surface area (Å²) in [5, 5.41) is 63.4. The minimum Gasteiger partial charge on any atom is -0.508 e. The summed E-state index contributed by atoms with van der Waals surface area (Å²) in [5.74, 6) is -5.14. The van der Waals surface area contributed by atoms with Gasteiger partial charge < -0.3 is 44.8 Å². The summed E-state index contributed by atoms with van der Waals surface area (Å²) >= 11 is 0. The average molecular weight is 518 g/mol. The first-order valence-electron chi connectivity index (χ1n) is 11.3. The summed E-state index contributed by atoms with van der Waals surface area (Å²) < 4.78 is 16.3. The number of esters is 2. The van der Waals surface area contributed by atoms with Crippen molar-refractivity contribution in [1.29, 1.82) is 0 Å². The van der Waals surface area contributed by atoms with Crippen molar-refractivity contribution in [1.82, 2.24) is 0 Å². The third-order valence-electron chi connectivity index (χ3n) is 6.50. The number of carbonyl (C=O) groups excluding carboxylic acids is 3. The first-order valence-corrected chi connectivity index (χ1v) is 11.3. The van der Waals surface area contributed by atoms with Crippen molar-refractivity contribution >= 4 is 17.7 Å². The van der Waals surface area contributed by atoms with Crippen LogP contribution < -0.4 is 0 Å². The maximum Gasteiger partial charge on any atom is 0.303 e.